The van der Waals surface area contributed by atoms with E-state index in [9.17, 15) is 4.39 Å². The molecule has 1 radical (unpaired) electrons. The molecule has 0 unspecified atom stereocenters. The Balaban J connectivity index is 2.31. The normalized spacial score (nSPS) is 10.6. The molecule has 83 valence electrons. The molecule has 0 spiro atoms. The first-order chi connectivity index (χ1) is 7.70. The van der Waals surface area contributed by atoms with Gasteiger partial charge in [-0.25, -0.2) is 4.39 Å². The van der Waals surface area contributed by atoms with Gasteiger partial charge in [0.2, 0.25) is 11.7 Å². The largest absolute Gasteiger partial charge is 0.396 e. The van der Waals surface area contributed by atoms with E-state index in [4.69, 9.17) is 10.3 Å². The Kier molecular flexibility index (Phi) is 2.85. The molecule has 0 amide bonds. The van der Waals surface area contributed by atoms with Crippen molar-refractivity contribution in [2.24, 2.45) is 0 Å². The van der Waals surface area contributed by atoms with Crippen molar-refractivity contribution in [3.05, 3.63) is 36.3 Å². The number of nitrogen functional groups attached to an aromatic ring is 1. The lowest BCUT2D eigenvalue weighted by atomic mass is 10.2. The van der Waals surface area contributed by atoms with Gasteiger partial charge in [0.05, 0.1) is 5.69 Å². The van der Waals surface area contributed by atoms with Crippen LogP contribution in [-0.2, 0) is 0 Å². The molecule has 1 heterocycles. The number of nitrogens with zero attached hydrogens (tertiary/aromatic N) is 2. The van der Waals surface area contributed by atoms with E-state index in [-0.39, 0.29) is 5.69 Å². The summed E-state index contributed by atoms with van der Waals surface area (Å²) in [7, 11) is 0. The van der Waals surface area contributed by atoms with Crippen molar-refractivity contribution in [2.45, 2.75) is 13.3 Å². The average molecular weight is 220 g/mol. The molecule has 4 nitrogen and oxygen atoms in total. The van der Waals surface area contributed by atoms with Gasteiger partial charge in [0, 0.05) is 12.0 Å². The van der Waals surface area contributed by atoms with Gasteiger partial charge in [-0.15, -0.1) is 0 Å². The second kappa shape index (κ2) is 4.30. The van der Waals surface area contributed by atoms with Crippen LogP contribution in [0.4, 0.5) is 10.1 Å². The molecule has 5 heteroatoms. The van der Waals surface area contributed by atoms with Crippen molar-refractivity contribution in [3.8, 4) is 11.4 Å². The molecular formula is C11H11FN3O. The van der Waals surface area contributed by atoms with E-state index in [1.165, 1.54) is 12.1 Å². The Morgan fingerprint density at radius 2 is 2.31 bits per heavy atom. The van der Waals surface area contributed by atoms with Gasteiger partial charge in [0.15, 0.2) is 0 Å². The lowest BCUT2D eigenvalue weighted by Gasteiger charge is -1.97. The van der Waals surface area contributed by atoms with Gasteiger partial charge in [-0.2, -0.15) is 4.98 Å². The number of anilines is 1. The minimum atomic E-state index is -0.483. The van der Waals surface area contributed by atoms with Crippen LogP contribution in [0.1, 0.15) is 19.2 Å². The Morgan fingerprint density at radius 1 is 1.50 bits per heavy atom. The molecular weight excluding hydrogens is 209 g/mol. The highest BCUT2D eigenvalue weighted by molar-refractivity contribution is 5.58. The van der Waals surface area contributed by atoms with Crippen molar-refractivity contribution in [3.63, 3.8) is 0 Å². The predicted molar refractivity (Wildman–Crippen MR) is 57.8 cm³/mol. The van der Waals surface area contributed by atoms with Crippen molar-refractivity contribution in [2.75, 3.05) is 5.73 Å². The van der Waals surface area contributed by atoms with Crippen LogP contribution in [0.2, 0.25) is 0 Å². The zero-order valence-corrected chi connectivity index (χ0v) is 8.77. The predicted octanol–water partition coefficient (Wildman–Crippen LogP) is 2.42. The minimum Gasteiger partial charge on any atom is -0.396 e. The second-order valence-corrected chi connectivity index (χ2v) is 3.30. The molecule has 1 aromatic heterocycles. The summed E-state index contributed by atoms with van der Waals surface area (Å²) in [5.41, 5.74) is 6.03. The maximum absolute atomic E-state index is 13.2. The quantitative estimate of drug-likeness (QED) is 0.807. The highest BCUT2D eigenvalue weighted by Crippen LogP contribution is 2.20. The van der Waals surface area contributed by atoms with E-state index < -0.39 is 5.82 Å². The smallest absolute Gasteiger partial charge is 0.230 e. The molecule has 0 aliphatic rings. The molecule has 0 saturated heterocycles. The highest BCUT2D eigenvalue weighted by atomic mass is 19.1. The van der Waals surface area contributed by atoms with E-state index >= 15 is 0 Å². The van der Waals surface area contributed by atoms with Crippen LogP contribution in [0.15, 0.2) is 22.7 Å². The first kappa shape index (κ1) is 10.6. The fourth-order valence-electron chi connectivity index (χ4n) is 1.28. The zero-order valence-electron chi connectivity index (χ0n) is 8.77. The maximum Gasteiger partial charge on any atom is 0.230 e. The molecule has 2 aromatic rings. The monoisotopic (exact) mass is 220 g/mol. The van der Waals surface area contributed by atoms with Crippen molar-refractivity contribution in [1.82, 2.24) is 10.1 Å². The fourth-order valence-corrected chi connectivity index (χ4v) is 1.28. The van der Waals surface area contributed by atoms with Crippen LogP contribution in [0.25, 0.3) is 11.4 Å². The minimum absolute atomic E-state index is 0.104. The summed E-state index contributed by atoms with van der Waals surface area (Å²) in [6.07, 6.45) is 2.60. The molecule has 1 aromatic carbocycles. The molecule has 0 aliphatic heterocycles. The summed E-state index contributed by atoms with van der Waals surface area (Å²) in [6, 6.07) is 4.42. The first-order valence-corrected chi connectivity index (χ1v) is 4.93. The van der Waals surface area contributed by atoms with Crippen LogP contribution in [-0.4, -0.2) is 10.1 Å². The molecule has 0 saturated carbocycles. The number of benzene rings is 1. The Morgan fingerprint density at radius 3 is 3.00 bits per heavy atom. The summed E-state index contributed by atoms with van der Waals surface area (Å²) < 4.78 is 18.2. The third-order valence-corrected chi connectivity index (χ3v) is 2.08. The average Bonchev–Trinajstić information content (AvgIpc) is 2.71. The second-order valence-electron chi connectivity index (χ2n) is 3.30. The summed E-state index contributed by atoms with van der Waals surface area (Å²) in [5.74, 6) is 0.316. The summed E-state index contributed by atoms with van der Waals surface area (Å²) in [6.45, 7) is 1.97. The third kappa shape index (κ3) is 2.03. The molecule has 0 aliphatic carbocycles. The van der Waals surface area contributed by atoms with Crippen molar-refractivity contribution in [1.29, 1.82) is 0 Å². The number of hydrogen-bond donors (Lipinski definition) is 1. The molecule has 0 fully saturated rings. The molecule has 0 bridgehead atoms. The molecule has 16 heavy (non-hydrogen) atoms. The number of hydrogen-bond acceptors (Lipinski definition) is 4. The van der Waals surface area contributed by atoms with Crippen LogP contribution in [0, 0.1) is 12.2 Å². The number of aromatic nitrogens is 2. The standard InChI is InChI=1S/C11H11FN3O/c1-2-3-10-14-11(15-16-10)7-4-5-9(13)8(12)6-7/h3-6H,2,13H2,1H3. The van der Waals surface area contributed by atoms with Gasteiger partial charge in [-0.1, -0.05) is 12.1 Å². The fraction of sp³-hybridized carbons (Fsp3) is 0.182. The van der Waals surface area contributed by atoms with Crippen molar-refractivity contribution >= 4 is 5.69 Å². The van der Waals surface area contributed by atoms with Crippen LogP contribution >= 0.6 is 0 Å². The first-order valence-electron chi connectivity index (χ1n) is 4.93. The van der Waals surface area contributed by atoms with E-state index in [1.54, 1.807) is 12.5 Å². The van der Waals surface area contributed by atoms with Crippen LogP contribution in [0.3, 0.4) is 0 Å². The van der Waals surface area contributed by atoms with Crippen LogP contribution < -0.4 is 5.73 Å². The van der Waals surface area contributed by atoms with E-state index in [1.807, 2.05) is 6.92 Å². The topological polar surface area (TPSA) is 64.9 Å². The van der Waals surface area contributed by atoms with E-state index in [0.29, 0.717) is 17.3 Å². The third-order valence-electron chi connectivity index (χ3n) is 2.08. The number of rotatable bonds is 3. The summed E-state index contributed by atoms with van der Waals surface area (Å²) in [4.78, 5) is 4.10. The summed E-state index contributed by atoms with van der Waals surface area (Å²) in [5, 5.41) is 3.75. The maximum atomic E-state index is 13.2. The Bertz CT molecular complexity index is 496. The number of halogens is 1. The molecule has 0 atom stereocenters. The van der Waals surface area contributed by atoms with Gasteiger partial charge in [0.1, 0.15) is 5.82 Å². The number of nitrogens with two attached hydrogens (primary N) is 1. The molecule has 2 rings (SSSR count). The SMILES string of the molecule is CC[CH]c1nc(-c2ccc(N)c(F)c2)no1. The summed E-state index contributed by atoms with van der Waals surface area (Å²) >= 11 is 0. The Hall–Kier alpha value is -1.91. The van der Waals surface area contributed by atoms with Crippen molar-refractivity contribution < 1.29 is 8.91 Å². The van der Waals surface area contributed by atoms with Crippen LogP contribution in [0.5, 0.6) is 0 Å². The van der Waals surface area contributed by atoms with Gasteiger partial charge >= 0.3 is 0 Å². The van der Waals surface area contributed by atoms with Gasteiger partial charge < -0.3 is 10.3 Å². The van der Waals surface area contributed by atoms with E-state index in [0.717, 1.165) is 6.42 Å². The lowest BCUT2D eigenvalue weighted by molar-refractivity contribution is 0.397. The highest BCUT2D eigenvalue weighted by Gasteiger charge is 2.09. The van der Waals surface area contributed by atoms with Gasteiger partial charge in [-0.05, 0) is 24.6 Å². The Labute approximate surface area is 92.3 Å². The zero-order chi connectivity index (χ0) is 11.5. The van der Waals surface area contributed by atoms with Gasteiger partial charge in [-0.3, -0.25) is 0 Å². The molecule has 2 N–H and O–H groups in total. The lowest BCUT2D eigenvalue weighted by Crippen LogP contribution is -1.91. The van der Waals surface area contributed by atoms with Gasteiger partial charge in [0.25, 0.3) is 0 Å². The van der Waals surface area contributed by atoms with E-state index in [2.05, 4.69) is 10.1 Å².